The van der Waals surface area contributed by atoms with E-state index in [2.05, 4.69) is 15.5 Å². The van der Waals surface area contributed by atoms with Crippen LogP contribution in [0, 0.1) is 0 Å². The Morgan fingerprint density at radius 2 is 1.90 bits per heavy atom. The van der Waals surface area contributed by atoms with Gasteiger partial charge in [-0.05, 0) is 42.5 Å². The number of methoxy groups -OCH3 is 2. The zero-order chi connectivity index (χ0) is 21.1. The molecule has 0 atom stereocenters. The van der Waals surface area contributed by atoms with Gasteiger partial charge in [0.1, 0.15) is 22.8 Å². The van der Waals surface area contributed by atoms with Gasteiger partial charge >= 0.3 is 5.63 Å². The van der Waals surface area contributed by atoms with Crippen molar-refractivity contribution in [1.29, 1.82) is 0 Å². The number of phenols is 1. The van der Waals surface area contributed by atoms with E-state index < -0.39 is 5.63 Å². The van der Waals surface area contributed by atoms with Crippen LogP contribution in [0.25, 0.3) is 22.2 Å². The maximum absolute atomic E-state index is 12.4. The number of rotatable bonds is 6. The van der Waals surface area contributed by atoms with Gasteiger partial charge in [-0.2, -0.15) is 5.10 Å². The van der Waals surface area contributed by atoms with Gasteiger partial charge in [0.05, 0.1) is 31.7 Å². The number of aromatic nitrogens is 1. The summed E-state index contributed by atoms with van der Waals surface area (Å²) in [4.78, 5) is 16.8. The second-order valence-corrected chi connectivity index (χ2v) is 7.04. The average Bonchev–Trinajstić information content (AvgIpc) is 3.23. The van der Waals surface area contributed by atoms with Crippen molar-refractivity contribution in [3.63, 3.8) is 0 Å². The summed E-state index contributed by atoms with van der Waals surface area (Å²) in [6.45, 7) is 0. The molecular weight excluding hydrogens is 406 g/mol. The van der Waals surface area contributed by atoms with Crippen LogP contribution in [0.3, 0.4) is 0 Å². The van der Waals surface area contributed by atoms with Crippen molar-refractivity contribution in [3.05, 3.63) is 63.8 Å². The SMILES string of the molecule is COc1ccc(O)c(/C=N\Nc2nc(-c3cc4cc(OC)ccc4oc3=O)cs2)c1. The fourth-order valence-corrected chi connectivity index (χ4v) is 3.44. The summed E-state index contributed by atoms with van der Waals surface area (Å²) in [5, 5.41) is 16.9. The number of phenolic OH excluding ortho intramolecular Hbond substituents is 1. The lowest BCUT2D eigenvalue weighted by Crippen LogP contribution is -2.03. The lowest BCUT2D eigenvalue weighted by atomic mass is 10.1. The maximum atomic E-state index is 12.4. The number of thiazole rings is 1. The molecule has 0 unspecified atom stereocenters. The lowest BCUT2D eigenvalue weighted by molar-refractivity contribution is 0.412. The number of anilines is 1. The van der Waals surface area contributed by atoms with E-state index in [0.717, 1.165) is 5.39 Å². The summed E-state index contributed by atoms with van der Waals surface area (Å²) in [5.74, 6) is 1.34. The third-order valence-electron chi connectivity index (χ3n) is 4.32. The molecule has 0 aliphatic heterocycles. The average molecular weight is 423 g/mol. The highest BCUT2D eigenvalue weighted by Crippen LogP contribution is 2.27. The molecule has 0 fully saturated rings. The molecule has 2 aromatic heterocycles. The van der Waals surface area contributed by atoms with Crippen molar-refractivity contribution >= 4 is 33.7 Å². The van der Waals surface area contributed by atoms with Crippen molar-refractivity contribution in [2.75, 3.05) is 19.6 Å². The first-order valence-corrected chi connectivity index (χ1v) is 9.69. The van der Waals surface area contributed by atoms with E-state index in [4.69, 9.17) is 13.9 Å². The second-order valence-electron chi connectivity index (χ2n) is 6.18. The number of aromatic hydroxyl groups is 1. The fourth-order valence-electron chi connectivity index (χ4n) is 2.78. The molecule has 0 aliphatic rings. The van der Waals surface area contributed by atoms with Crippen LogP contribution in [0.5, 0.6) is 17.2 Å². The third kappa shape index (κ3) is 3.96. The Balaban J connectivity index is 1.57. The molecule has 0 aliphatic carbocycles. The van der Waals surface area contributed by atoms with E-state index >= 15 is 0 Å². The van der Waals surface area contributed by atoms with E-state index in [1.165, 1.54) is 23.6 Å². The van der Waals surface area contributed by atoms with E-state index in [1.807, 2.05) is 0 Å². The maximum Gasteiger partial charge on any atom is 0.345 e. The van der Waals surface area contributed by atoms with Crippen LogP contribution in [0.2, 0.25) is 0 Å². The Kier molecular flexibility index (Phi) is 5.36. The van der Waals surface area contributed by atoms with Crippen molar-refractivity contribution < 1.29 is 19.0 Å². The Hall–Kier alpha value is -3.85. The summed E-state index contributed by atoms with van der Waals surface area (Å²) in [6.07, 6.45) is 1.45. The van der Waals surface area contributed by atoms with E-state index in [1.54, 1.807) is 56.0 Å². The normalized spacial score (nSPS) is 11.1. The van der Waals surface area contributed by atoms with Gasteiger partial charge in [0.2, 0.25) is 5.13 Å². The van der Waals surface area contributed by atoms with Gasteiger partial charge in [-0.15, -0.1) is 11.3 Å². The van der Waals surface area contributed by atoms with Crippen LogP contribution in [0.15, 0.2) is 62.2 Å². The largest absolute Gasteiger partial charge is 0.507 e. The molecule has 2 aromatic carbocycles. The summed E-state index contributed by atoms with van der Waals surface area (Å²) in [7, 11) is 3.12. The minimum Gasteiger partial charge on any atom is -0.507 e. The van der Waals surface area contributed by atoms with Gasteiger partial charge in [0.15, 0.2) is 0 Å². The van der Waals surface area contributed by atoms with Gasteiger partial charge in [-0.3, -0.25) is 5.43 Å². The van der Waals surface area contributed by atoms with Gasteiger partial charge in [-0.25, -0.2) is 9.78 Å². The predicted molar refractivity (Wildman–Crippen MR) is 116 cm³/mol. The molecule has 2 heterocycles. The number of hydrogen-bond acceptors (Lipinski definition) is 9. The van der Waals surface area contributed by atoms with Gasteiger partial charge in [0, 0.05) is 16.3 Å². The first kappa shape index (κ1) is 19.5. The summed E-state index contributed by atoms with van der Waals surface area (Å²) in [6, 6.07) is 11.8. The predicted octanol–water partition coefficient (Wildman–Crippen LogP) is 4.09. The monoisotopic (exact) mass is 423 g/mol. The molecule has 0 saturated carbocycles. The number of hydrazone groups is 1. The first-order chi connectivity index (χ1) is 14.6. The molecule has 0 radical (unpaired) electrons. The fraction of sp³-hybridized carbons (Fsp3) is 0.0952. The standard InChI is InChI=1S/C21H17N3O5S/c1-27-14-3-5-18(25)13(8-14)10-22-24-21-23-17(11-30-21)16-9-12-7-15(28-2)4-6-19(12)29-20(16)26/h3-11,25H,1-2H3,(H,23,24)/b22-10-. The molecule has 0 spiro atoms. The molecule has 0 saturated heterocycles. The van der Waals surface area contributed by atoms with E-state index in [0.29, 0.717) is 39.0 Å². The zero-order valence-corrected chi connectivity index (χ0v) is 16.9. The minimum atomic E-state index is -0.477. The number of nitrogens with one attached hydrogen (secondary N) is 1. The summed E-state index contributed by atoms with van der Waals surface area (Å²) < 4.78 is 15.7. The Morgan fingerprint density at radius 1 is 1.13 bits per heavy atom. The van der Waals surface area contributed by atoms with Crippen LogP contribution in [-0.4, -0.2) is 30.5 Å². The Labute approximate surface area is 175 Å². The molecule has 4 aromatic rings. The number of fused-ring (bicyclic) bond motifs is 1. The van der Waals surface area contributed by atoms with E-state index in [-0.39, 0.29) is 5.75 Å². The highest BCUT2D eigenvalue weighted by Gasteiger charge is 2.12. The molecule has 30 heavy (non-hydrogen) atoms. The Morgan fingerprint density at radius 3 is 2.70 bits per heavy atom. The van der Waals surface area contributed by atoms with Crippen LogP contribution in [0.4, 0.5) is 5.13 Å². The minimum absolute atomic E-state index is 0.0744. The molecule has 8 nitrogen and oxygen atoms in total. The highest BCUT2D eigenvalue weighted by molar-refractivity contribution is 7.14. The molecule has 0 bridgehead atoms. The molecule has 152 valence electrons. The zero-order valence-electron chi connectivity index (χ0n) is 16.1. The van der Waals surface area contributed by atoms with Crippen molar-refractivity contribution in [2.45, 2.75) is 0 Å². The van der Waals surface area contributed by atoms with Crippen LogP contribution in [-0.2, 0) is 0 Å². The van der Waals surface area contributed by atoms with Crippen molar-refractivity contribution in [3.8, 4) is 28.5 Å². The molecule has 0 amide bonds. The van der Waals surface area contributed by atoms with Crippen molar-refractivity contribution in [1.82, 2.24) is 4.98 Å². The Bertz CT molecular complexity index is 1300. The highest BCUT2D eigenvalue weighted by atomic mass is 32.1. The number of hydrogen-bond donors (Lipinski definition) is 2. The summed E-state index contributed by atoms with van der Waals surface area (Å²) >= 11 is 1.28. The molecule has 4 rings (SSSR count). The smallest absolute Gasteiger partial charge is 0.345 e. The number of nitrogens with zero attached hydrogens (tertiary/aromatic N) is 2. The van der Waals surface area contributed by atoms with Gasteiger partial charge < -0.3 is 19.0 Å². The van der Waals surface area contributed by atoms with E-state index in [9.17, 15) is 9.90 Å². The van der Waals surface area contributed by atoms with Crippen LogP contribution in [0.1, 0.15) is 5.56 Å². The second kappa shape index (κ2) is 8.26. The summed E-state index contributed by atoms with van der Waals surface area (Å²) in [5.41, 5.74) is 4.09. The van der Waals surface area contributed by atoms with Crippen LogP contribution >= 0.6 is 11.3 Å². The topological polar surface area (TPSA) is 106 Å². The molecule has 9 heteroatoms. The third-order valence-corrected chi connectivity index (χ3v) is 5.06. The van der Waals surface area contributed by atoms with Gasteiger partial charge in [0.25, 0.3) is 0 Å². The quantitative estimate of drug-likeness (QED) is 0.273. The first-order valence-electron chi connectivity index (χ1n) is 8.81. The molecular formula is C21H17N3O5S. The van der Waals surface area contributed by atoms with Gasteiger partial charge in [-0.1, -0.05) is 0 Å². The number of benzene rings is 2. The van der Waals surface area contributed by atoms with Crippen molar-refractivity contribution in [2.24, 2.45) is 5.10 Å². The number of ether oxygens (including phenoxy) is 2. The molecule has 2 N–H and O–H groups in total. The lowest BCUT2D eigenvalue weighted by Gasteiger charge is -2.03. The van der Waals surface area contributed by atoms with Crippen LogP contribution < -0.4 is 20.5 Å².